The van der Waals surface area contributed by atoms with Crippen molar-refractivity contribution in [1.29, 1.82) is 0 Å². The second-order valence-electron chi connectivity index (χ2n) is 13.6. The van der Waals surface area contributed by atoms with Gasteiger partial charge in [-0.15, -0.1) is 0 Å². The highest BCUT2D eigenvalue weighted by Crippen LogP contribution is 2.43. The number of carbonyl (C=O) groups excluding carboxylic acids is 3. The minimum Gasteiger partial charge on any atom is -0.490 e. The molecule has 0 aromatic heterocycles. The molecule has 0 spiro atoms. The molecule has 256 valence electrons. The van der Waals surface area contributed by atoms with E-state index in [4.69, 9.17) is 23.7 Å². The van der Waals surface area contributed by atoms with Gasteiger partial charge in [-0.05, 0) is 122 Å². The Labute approximate surface area is 278 Å². The summed E-state index contributed by atoms with van der Waals surface area (Å²) in [5, 5.41) is 0. The fourth-order valence-corrected chi connectivity index (χ4v) is 6.79. The van der Waals surface area contributed by atoms with Gasteiger partial charge in [-0.25, -0.2) is 9.59 Å². The number of rotatable bonds is 8. The molecule has 1 fully saturated rings. The molecule has 0 bridgehead atoms. The number of hydrogen-bond acceptors (Lipinski definition) is 10. The number of esters is 3. The molecule has 47 heavy (non-hydrogen) atoms. The Morgan fingerprint density at radius 2 is 1.19 bits per heavy atom. The van der Waals surface area contributed by atoms with Crippen LogP contribution in [0.1, 0.15) is 77.6 Å². The molecule has 2 aromatic rings. The van der Waals surface area contributed by atoms with Gasteiger partial charge < -0.3 is 33.5 Å². The molecule has 3 atom stereocenters. The molecule has 3 aliphatic heterocycles. The Hall–Kier alpha value is -3.63. The maximum Gasteiger partial charge on any atom is 0.364 e. The van der Waals surface area contributed by atoms with Crippen molar-refractivity contribution in [2.45, 2.75) is 106 Å². The van der Waals surface area contributed by atoms with Crippen molar-refractivity contribution in [3.05, 3.63) is 44.5 Å². The van der Waals surface area contributed by atoms with Gasteiger partial charge in [-0.2, -0.15) is 0 Å². The number of piperazine rings is 1. The van der Waals surface area contributed by atoms with Crippen LogP contribution in [0.3, 0.4) is 0 Å². The van der Waals surface area contributed by atoms with Crippen LogP contribution in [0.15, 0.2) is 0 Å². The normalized spacial score (nSPS) is 20.3. The van der Waals surface area contributed by atoms with Crippen LogP contribution in [-0.2, 0) is 32.0 Å². The van der Waals surface area contributed by atoms with Crippen LogP contribution in [0.4, 0.5) is 0 Å². The van der Waals surface area contributed by atoms with Crippen LogP contribution in [0.2, 0.25) is 0 Å². The summed E-state index contributed by atoms with van der Waals surface area (Å²) in [6, 6.07) is 0. The SMILES string of the molecule is Cc1c(C)c(OC(=O)C(OC(=O)CCN2CCN(C)CC2)C(=O)Oc2c(C)c(C)c3c(c2C)CCC(C)O3)c(C)c2c1CCC(C)O2. The van der Waals surface area contributed by atoms with Crippen molar-refractivity contribution in [2.75, 3.05) is 39.8 Å². The Bertz CT molecular complexity index is 1560. The van der Waals surface area contributed by atoms with E-state index in [1.54, 1.807) is 0 Å². The van der Waals surface area contributed by atoms with Gasteiger partial charge in [0.2, 0.25) is 0 Å². The highest BCUT2D eigenvalue weighted by molar-refractivity contribution is 6.01. The maximum absolute atomic E-state index is 13.9. The van der Waals surface area contributed by atoms with E-state index in [1.807, 2.05) is 55.4 Å². The Kier molecular flexibility index (Phi) is 10.5. The summed E-state index contributed by atoms with van der Waals surface area (Å²) in [5.41, 5.74) is 6.83. The second kappa shape index (κ2) is 14.2. The van der Waals surface area contributed by atoms with E-state index in [9.17, 15) is 14.4 Å². The smallest absolute Gasteiger partial charge is 0.364 e. The molecule has 2 aromatic carbocycles. The van der Waals surface area contributed by atoms with Crippen molar-refractivity contribution in [3.63, 3.8) is 0 Å². The Balaban J connectivity index is 1.42. The van der Waals surface area contributed by atoms with E-state index in [0.29, 0.717) is 29.4 Å². The third-order valence-electron chi connectivity index (χ3n) is 10.2. The van der Waals surface area contributed by atoms with Gasteiger partial charge >= 0.3 is 17.9 Å². The van der Waals surface area contributed by atoms with Gasteiger partial charge in [0.15, 0.2) is 0 Å². The zero-order valence-electron chi connectivity index (χ0n) is 29.5. The largest absolute Gasteiger partial charge is 0.490 e. The van der Waals surface area contributed by atoms with Gasteiger partial charge in [-0.3, -0.25) is 4.79 Å². The average molecular weight is 651 g/mol. The first-order valence-corrected chi connectivity index (χ1v) is 16.9. The van der Waals surface area contributed by atoms with Crippen LogP contribution in [0.25, 0.3) is 0 Å². The summed E-state index contributed by atoms with van der Waals surface area (Å²) in [6.45, 7) is 19.3. The first kappa shape index (κ1) is 34.7. The van der Waals surface area contributed by atoms with E-state index in [0.717, 1.165) is 96.6 Å². The van der Waals surface area contributed by atoms with Crippen molar-refractivity contribution in [3.8, 4) is 23.0 Å². The quantitative estimate of drug-likeness (QED) is 0.220. The first-order chi connectivity index (χ1) is 22.3. The van der Waals surface area contributed by atoms with Crippen LogP contribution in [0, 0.1) is 41.5 Å². The van der Waals surface area contributed by atoms with Gasteiger partial charge in [0.05, 0.1) is 18.6 Å². The standard InChI is InChI=1S/C37H50N2O8/c1-20-11-13-29-26(7)31(24(5)25(6)33(29)43-20)46-36(41)35(45-30(40)14-15-39-18-16-38(9)17-19-39)37(42)47-32-23(4)22(3)28-12-10-21(2)44-34(28)27(32)8/h20-21,35H,10-19H2,1-9H3. The summed E-state index contributed by atoms with van der Waals surface area (Å²) >= 11 is 0. The maximum atomic E-state index is 13.9. The molecule has 10 heteroatoms. The molecule has 0 saturated carbocycles. The minimum atomic E-state index is -1.92. The number of benzene rings is 2. The fourth-order valence-electron chi connectivity index (χ4n) is 6.79. The molecule has 5 rings (SSSR count). The lowest BCUT2D eigenvalue weighted by molar-refractivity contribution is -0.172. The lowest BCUT2D eigenvalue weighted by Gasteiger charge is -2.32. The molecule has 3 aliphatic rings. The van der Waals surface area contributed by atoms with Gasteiger partial charge in [0, 0.05) is 43.9 Å². The number of nitrogens with zero attached hydrogens (tertiary/aromatic N) is 2. The van der Waals surface area contributed by atoms with Crippen molar-refractivity contribution in [2.24, 2.45) is 0 Å². The Morgan fingerprint density at radius 3 is 1.77 bits per heavy atom. The van der Waals surface area contributed by atoms with Crippen LogP contribution < -0.4 is 18.9 Å². The second-order valence-corrected chi connectivity index (χ2v) is 13.6. The van der Waals surface area contributed by atoms with Gasteiger partial charge in [0.25, 0.3) is 6.10 Å². The van der Waals surface area contributed by atoms with E-state index in [2.05, 4.69) is 16.8 Å². The third kappa shape index (κ3) is 7.28. The Morgan fingerprint density at radius 1 is 0.702 bits per heavy atom. The lowest BCUT2D eigenvalue weighted by Crippen LogP contribution is -2.45. The van der Waals surface area contributed by atoms with E-state index in [-0.39, 0.29) is 18.6 Å². The summed E-state index contributed by atoms with van der Waals surface area (Å²) in [5.74, 6) is -0.536. The zero-order chi connectivity index (χ0) is 34.2. The topological polar surface area (TPSA) is 104 Å². The van der Waals surface area contributed by atoms with Crippen LogP contribution >= 0.6 is 0 Å². The monoisotopic (exact) mass is 650 g/mol. The van der Waals surface area contributed by atoms with E-state index >= 15 is 0 Å². The van der Waals surface area contributed by atoms with Gasteiger partial charge in [-0.1, -0.05) is 0 Å². The van der Waals surface area contributed by atoms with E-state index in [1.165, 1.54) is 0 Å². The zero-order valence-corrected chi connectivity index (χ0v) is 29.5. The van der Waals surface area contributed by atoms with Crippen LogP contribution in [0.5, 0.6) is 23.0 Å². The number of hydrogen-bond donors (Lipinski definition) is 0. The number of fused-ring (bicyclic) bond motifs is 2. The molecular weight excluding hydrogens is 600 g/mol. The fraction of sp³-hybridized carbons (Fsp3) is 0.595. The van der Waals surface area contributed by atoms with Crippen molar-refractivity contribution >= 4 is 17.9 Å². The van der Waals surface area contributed by atoms with Crippen LogP contribution in [-0.4, -0.2) is 85.8 Å². The summed E-state index contributed by atoms with van der Waals surface area (Å²) in [6.07, 6.45) is 1.59. The molecule has 0 N–H and O–H groups in total. The molecule has 10 nitrogen and oxygen atoms in total. The summed E-state index contributed by atoms with van der Waals surface area (Å²) < 4.78 is 29.8. The molecular formula is C37H50N2O8. The predicted molar refractivity (Wildman–Crippen MR) is 178 cm³/mol. The molecule has 3 unspecified atom stereocenters. The number of ether oxygens (including phenoxy) is 5. The van der Waals surface area contributed by atoms with E-state index < -0.39 is 24.0 Å². The minimum absolute atomic E-state index is 0.0219. The average Bonchev–Trinajstić information content (AvgIpc) is 3.04. The number of likely N-dealkylation sites (N-methyl/N-ethyl adjacent to an activating group) is 1. The molecule has 3 heterocycles. The third-order valence-corrected chi connectivity index (χ3v) is 10.2. The highest BCUT2D eigenvalue weighted by Gasteiger charge is 2.38. The molecule has 0 radical (unpaired) electrons. The van der Waals surface area contributed by atoms with Gasteiger partial charge in [0.1, 0.15) is 23.0 Å². The molecule has 0 amide bonds. The number of carbonyl (C=O) groups is 3. The summed E-state index contributed by atoms with van der Waals surface area (Å²) in [7, 11) is 2.06. The lowest BCUT2D eigenvalue weighted by atomic mass is 9.91. The van der Waals surface area contributed by atoms with Crippen molar-refractivity contribution < 1.29 is 38.1 Å². The molecule has 0 aliphatic carbocycles. The molecule has 1 saturated heterocycles. The summed E-state index contributed by atoms with van der Waals surface area (Å²) in [4.78, 5) is 45.4. The highest BCUT2D eigenvalue weighted by atomic mass is 16.6. The van der Waals surface area contributed by atoms with Crippen molar-refractivity contribution in [1.82, 2.24) is 9.80 Å². The predicted octanol–water partition coefficient (Wildman–Crippen LogP) is 5.02. The first-order valence-electron chi connectivity index (χ1n) is 16.9.